The van der Waals surface area contributed by atoms with Gasteiger partial charge in [0.15, 0.2) is 0 Å². The van der Waals surface area contributed by atoms with Crippen molar-refractivity contribution in [3.63, 3.8) is 0 Å². The molecule has 1 aromatic carbocycles. The standard InChI is InChI=1S/C10H13NO/c1-3-8-5-4-6-9-7(2)12-11-10(8)9/h4-7,11H,3H2,1-2H3. The molecule has 1 atom stereocenters. The minimum atomic E-state index is 0.187. The van der Waals surface area contributed by atoms with Crippen molar-refractivity contribution in [2.24, 2.45) is 0 Å². The first-order valence-corrected chi connectivity index (χ1v) is 4.36. The predicted molar refractivity (Wildman–Crippen MR) is 48.9 cm³/mol. The molecule has 0 saturated heterocycles. The molecule has 2 heteroatoms. The summed E-state index contributed by atoms with van der Waals surface area (Å²) in [6.45, 7) is 4.21. The van der Waals surface area contributed by atoms with Gasteiger partial charge in [0.1, 0.15) is 6.10 Å². The van der Waals surface area contributed by atoms with Crippen molar-refractivity contribution in [3.05, 3.63) is 29.3 Å². The molecule has 1 heterocycles. The molecule has 1 aliphatic rings. The van der Waals surface area contributed by atoms with E-state index in [4.69, 9.17) is 4.84 Å². The van der Waals surface area contributed by atoms with Crippen molar-refractivity contribution in [1.82, 2.24) is 0 Å². The van der Waals surface area contributed by atoms with Crippen LogP contribution in [0.5, 0.6) is 0 Å². The average Bonchev–Trinajstić information content (AvgIpc) is 2.48. The predicted octanol–water partition coefficient (Wildman–Crippen LogP) is 2.67. The second-order valence-corrected chi connectivity index (χ2v) is 3.10. The van der Waals surface area contributed by atoms with Crippen LogP contribution in [0, 0.1) is 0 Å². The lowest BCUT2D eigenvalue weighted by molar-refractivity contribution is 0.137. The van der Waals surface area contributed by atoms with E-state index < -0.39 is 0 Å². The topological polar surface area (TPSA) is 21.3 Å². The van der Waals surface area contributed by atoms with E-state index in [2.05, 4.69) is 37.5 Å². The number of para-hydroxylation sites is 1. The van der Waals surface area contributed by atoms with E-state index in [-0.39, 0.29) is 6.10 Å². The zero-order valence-corrected chi connectivity index (χ0v) is 7.42. The van der Waals surface area contributed by atoms with Crippen LogP contribution in [-0.4, -0.2) is 0 Å². The third-order valence-corrected chi connectivity index (χ3v) is 2.34. The summed E-state index contributed by atoms with van der Waals surface area (Å²) < 4.78 is 0. The fourth-order valence-corrected chi connectivity index (χ4v) is 1.59. The van der Waals surface area contributed by atoms with Crippen molar-refractivity contribution in [2.75, 3.05) is 5.48 Å². The Morgan fingerprint density at radius 3 is 3.08 bits per heavy atom. The summed E-state index contributed by atoms with van der Waals surface area (Å²) in [7, 11) is 0. The Hall–Kier alpha value is -1.02. The van der Waals surface area contributed by atoms with Crippen LogP contribution in [0.15, 0.2) is 18.2 Å². The highest BCUT2D eigenvalue weighted by Gasteiger charge is 2.20. The minimum absolute atomic E-state index is 0.187. The molecule has 0 radical (unpaired) electrons. The molecule has 0 bridgehead atoms. The number of hydrogen-bond acceptors (Lipinski definition) is 2. The molecule has 12 heavy (non-hydrogen) atoms. The SMILES string of the molecule is CCc1cccc2c1NOC2C. The Morgan fingerprint density at radius 1 is 1.50 bits per heavy atom. The lowest BCUT2D eigenvalue weighted by Gasteiger charge is -2.03. The van der Waals surface area contributed by atoms with E-state index in [0.29, 0.717) is 0 Å². The van der Waals surface area contributed by atoms with Crippen LogP contribution >= 0.6 is 0 Å². The number of rotatable bonds is 1. The lowest BCUT2D eigenvalue weighted by atomic mass is 10.0. The fourth-order valence-electron chi connectivity index (χ4n) is 1.59. The van der Waals surface area contributed by atoms with E-state index in [1.807, 2.05) is 0 Å². The molecule has 64 valence electrons. The van der Waals surface area contributed by atoms with Crippen molar-refractivity contribution in [1.29, 1.82) is 0 Å². The second kappa shape index (κ2) is 2.79. The first kappa shape index (κ1) is 7.62. The smallest absolute Gasteiger partial charge is 0.110 e. The van der Waals surface area contributed by atoms with Crippen LogP contribution in [-0.2, 0) is 11.3 Å². The molecule has 2 rings (SSSR count). The van der Waals surface area contributed by atoms with E-state index in [9.17, 15) is 0 Å². The van der Waals surface area contributed by atoms with Gasteiger partial charge in [-0.3, -0.25) is 10.3 Å². The summed E-state index contributed by atoms with van der Waals surface area (Å²) in [4.78, 5) is 5.32. The average molecular weight is 163 g/mol. The van der Waals surface area contributed by atoms with E-state index >= 15 is 0 Å². The Balaban J connectivity index is 2.50. The molecule has 0 spiro atoms. The van der Waals surface area contributed by atoms with Crippen molar-refractivity contribution < 1.29 is 4.84 Å². The van der Waals surface area contributed by atoms with Gasteiger partial charge in [-0.25, -0.2) is 0 Å². The van der Waals surface area contributed by atoms with Gasteiger partial charge in [-0.05, 0) is 18.9 Å². The van der Waals surface area contributed by atoms with Gasteiger partial charge in [0.25, 0.3) is 0 Å². The maximum Gasteiger partial charge on any atom is 0.110 e. The van der Waals surface area contributed by atoms with Crippen LogP contribution in [0.1, 0.15) is 31.1 Å². The van der Waals surface area contributed by atoms with Gasteiger partial charge < -0.3 is 0 Å². The van der Waals surface area contributed by atoms with Crippen molar-refractivity contribution in [2.45, 2.75) is 26.4 Å². The number of benzene rings is 1. The summed E-state index contributed by atoms with van der Waals surface area (Å²) in [5.41, 5.74) is 6.75. The van der Waals surface area contributed by atoms with Crippen LogP contribution in [0.4, 0.5) is 5.69 Å². The van der Waals surface area contributed by atoms with Crippen molar-refractivity contribution >= 4 is 5.69 Å². The van der Waals surface area contributed by atoms with E-state index in [1.54, 1.807) is 0 Å². The summed E-state index contributed by atoms with van der Waals surface area (Å²) in [5.74, 6) is 0. The summed E-state index contributed by atoms with van der Waals surface area (Å²) >= 11 is 0. The van der Waals surface area contributed by atoms with Gasteiger partial charge in [-0.15, -0.1) is 0 Å². The summed E-state index contributed by atoms with van der Waals surface area (Å²) in [6.07, 6.45) is 1.23. The maximum absolute atomic E-state index is 5.32. The molecule has 0 amide bonds. The third kappa shape index (κ3) is 0.994. The third-order valence-electron chi connectivity index (χ3n) is 2.34. The fraction of sp³-hybridized carbons (Fsp3) is 0.400. The second-order valence-electron chi connectivity index (χ2n) is 3.10. The number of fused-ring (bicyclic) bond motifs is 1. The minimum Gasteiger partial charge on any atom is -0.268 e. The monoisotopic (exact) mass is 163 g/mol. The molecule has 0 aliphatic carbocycles. The first-order valence-electron chi connectivity index (χ1n) is 4.36. The highest BCUT2D eigenvalue weighted by atomic mass is 16.7. The Kier molecular flexibility index (Phi) is 1.77. The highest BCUT2D eigenvalue weighted by Crippen LogP contribution is 2.34. The number of anilines is 1. The number of nitrogens with one attached hydrogen (secondary N) is 1. The molecule has 0 fully saturated rings. The van der Waals surface area contributed by atoms with Gasteiger partial charge in [0.05, 0.1) is 5.69 Å². The highest BCUT2D eigenvalue weighted by molar-refractivity contribution is 5.59. The number of hydrogen-bond donors (Lipinski definition) is 1. The summed E-state index contributed by atoms with van der Waals surface area (Å²) in [6, 6.07) is 6.33. The molecular formula is C10H13NO. The van der Waals surface area contributed by atoms with Crippen LogP contribution in [0.2, 0.25) is 0 Å². The van der Waals surface area contributed by atoms with Gasteiger partial charge in [0, 0.05) is 5.56 Å². The van der Waals surface area contributed by atoms with Crippen LogP contribution in [0.3, 0.4) is 0 Å². The molecule has 1 aliphatic heterocycles. The van der Waals surface area contributed by atoms with Crippen LogP contribution < -0.4 is 5.48 Å². The van der Waals surface area contributed by atoms with Crippen LogP contribution in [0.25, 0.3) is 0 Å². The van der Waals surface area contributed by atoms with Gasteiger partial charge in [-0.1, -0.05) is 25.1 Å². The Morgan fingerprint density at radius 2 is 2.33 bits per heavy atom. The lowest BCUT2D eigenvalue weighted by Crippen LogP contribution is -1.93. The molecule has 1 N–H and O–H groups in total. The van der Waals surface area contributed by atoms with Gasteiger partial charge in [-0.2, -0.15) is 0 Å². The molecule has 2 nitrogen and oxygen atoms in total. The zero-order valence-electron chi connectivity index (χ0n) is 7.42. The van der Waals surface area contributed by atoms with Gasteiger partial charge >= 0.3 is 0 Å². The maximum atomic E-state index is 5.32. The normalized spacial score (nSPS) is 20.3. The molecule has 0 saturated carbocycles. The quantitative estimate of drug-likeness (QED) is 0.687. The van der Waals surface area contributed by atoms with Gasteiger partial charge in [0.2, 0.25) is 0 Å². The van der Waals surface area contributed by atoms with Crippen molar-refractivity contribution in [3.8, 4) is 0 Å². The molecular weight excluding hydrogens is 150 g/mol. The number of aryl methyl sites for hydroxylation is 1. The molecule has 0 aromatic heterocycles. The zero-order chi connectivity index (χ0) is 8.55. The summed E-state index contributed by atoms with van der Waals surface area (Å²) in [5, 5.41) is 0. The first-order chi connectivity index (χ1) is 5.83. The van der Waals surface area contributed by atoms with E-state index in [1.165, 1.54) is 16.8 Å². The largest absolute Gasteiger partial charge is 0.268 e. The molecule has 1 unspecified atom stereocenters. The molecule has 1 aromatic rings. The Bertz CT molecular complexity index is 296. The van der Waals surface area contributed by atoms with E-state index in [0.717, 1.165) is 6.42 Å². The Labute approximate surface area is 72.5 Å².